The third kappa shape index (κ3) is 5.05. The number of thiazole rings is 1. The van der Waals surface area contributed by atoms with Gasteiger partial charge in [0.2, 0.25) is 5.91 Å². The lowest BCUT2D eigenvalue weighted by molar-refractivity contribution is -0.123. The van der Waals surface area contributed by atoms with Crippen LogP contribution < -0.4 is 11.1 Å². The summed E-state index contributed by atoms with van der Waals surface area (Å²) in [5.41, 5.74) is 6.91. The Morgan fingerprint density at radius 2 is 2.29 bits per heavy atom. The average Bonchev–Trinajstić information content (AvgIpc) is 2.97. The van der Waals surface area contributed by atoms with Crippen LogP contribution in [0, 0.1) is 0 Å². The Labute approximate surface area is 130 Å². The molecule has 0 aliphatic heterocycles. The molecule has 1 aliphatic rings. The van der Waals surface area contributed by atoms with Crippen molar-refractivity contribution in [2.75, 3.05) is 20.3 Å². The largest absolute Gasteiger partial charge is 0.383 e. The van der Waals surface area contributed by atoms with E-state index in [1.807, 2.05) is 0 Å². The Morgan fingerprint density at radius 1 is 1.52 bits per heavy atom. The molecule has 6 heteroatoms. The molecule has 1 heterocycles. The number of carbonyl (C=O) groups is 1. The third-order valence-electron chi connectivity index (χ3n) is 3.91. The van der Waals surface area contributed by atoms with Crippen molar-refractivity contribution in [1.29, 1.82) is 0 Å². The van der Waals surface area contributed by atoms with Crippen LogP contribution in [0.15, 0.2) is 5.38 Å². The molecule has 5 nitrogen and oxygen atoms in total. The highest BCUT2D eigenvalue weighted by Gasteiger charge is 2.18. The Balaban J connectivity index is 1.74. The van der Waals surface area contributed by atoms with Gasteiger partial charge in [-0.2, -0.15) is 0 Å². The smallest absolute Gasteiger partial charge is 0.239 e. The first-order chi connectivity index (χ1) is 10.2. The number of nitrogens with two attached hydrogens (primary N) is 1. The van der Waals surface area contributed by atoms with Gasteiger partial charge in [0.25, 0.3) is 0 Å². The molecule has 1 aromatic heterocycles. The molecule has 1 aliphatic carbocycles. The molecule has 21 heavy (non-hydrogen) atoms. The van der Waals surface area contributed by atoms with Crippen LogP contribution >= 0.6 is 11.3 Å². The highest BCUT2D eigenvalue weighted by atomic mass is 32.1. The van der Waals surface area contributed by atoms with Gasteiger partial charge in [0.1, 0.15) is 6.04 Å². The van der Waals surface area contributed by atoms with Gasteiger partial charge < -0.3 is 15.8 Å². The Kier molecular flexibility index (Phi) is 6.60. The normalized spacial score (nSPS) is 17.6. The van der Waals surface area contributed by atoms with Crippen LogP contribution in [-0.4, -0.2) is 37.2 Å². The predicted molar refractivity (Wildman–Crippen MR) is 84.5 cm³/mol. The first-order valence-corrected chi connectivity index (χ1v) is 8.55. The van der Waals surface area contributed by atoms with Crippen LogP contribution in [0.4, 0.5) is 0 Å². The van der Waals surface area contributed by atoms with Crippen LogP contribution in [-0.2, 0) is 16.0 Å². The number of aromatic nitrogens is 1. The molecule has 1 fully saturated rings. The van der Waals surface area contributed by atoms with Crippen molar-refractivity contribution in [3.8, 4) is 0 Å². The monoisotopic (exact) mass is 311 g/mol. The van der Waals surface area contributed by atoms with Gasteiger partial charge in [-0.1, -0.05) is 19.3 Å². The van der Waals surface area contributed by atoms with Gasteiger partial charge in [-0.05, 0) is 12.8 Å². The average molecular weight is 311 g/mol. The molecule has 1 atom stereocenters. The predicted octanol–water partition coefficient (Wildman–Crippen LogP) is 1.82. The zero-order valence-electron chi connectivity index (χ0n) is 12.6. The minimum absolute atomic E-state index is 0.166. The maximum Gasteiger partial charge on any atom is 0.239 e. The third-order valence-corrected chi connectivity index (χ3v) is 4.84. The van der Waals surface area contributed by atoms with Crippen molar-refractivity contribution in [3.63, 3.8) is 0 Å². The van der Waals surface area contributed by atoms with E-state index in [9.17, 15) is 4.79 Å². The van der Waals surface area contributed by atoms with Crippen molar-refractivity contribution in [2.24, 2.45) is 5.73 Å². The fraction of sp³-hybridized carbons (Fsp3) is 0.733. The molecule has 1 aromatic rings. The van der Waals surface area contributed by atoms with E-state index in [0.717, 1.165) is 11.4 Å². The summed E-state index contributed by atoms with van der Waals surface area (Å²) in [5, 5.41) is 6.11. The molecule has 3 N–H and O–H groups in total. The van der Waals surface area contributed by atoms with Gasteiger partial charge in [-0.15, -0.1) is 11.3 Å². The topological polar surface area (TPSA) is 77.2 Å². The maximum absolute atomic E-state index is 11.6. The SMILES string of the molecule is COCC(N)C(=O)NCCc1nc(C2CCCCC2)cs1. The van der Waals surface area contributed by atoms with E-state index in [4.69, 9.17) is 15.5 Å². The highest BCUT2D eigenvalue weighted by Crippen LogP contribution is 2.32. The lowest BCUT2D eigenvalue weighted by Gasteiger charge is -2.19. The van der Waals surface area contributed by atoms with Crippen molar-refractivity contribution in [3.05, 3.63) is 16.1 Å². The zero-order valence-corrected chi connectivity index (χ0v) is 13.5. The Hall–Kier alpha value is -0.980. The van der Waals surface area contributed by atoms with E-state index in [1.54, 1.807) is 11.3 Å². The number of ether oxygens (including phenoxy) is 1. The molecule has 0 bridgehead atoms. The number of nitrogens with zero attached hydrogens (tertiary/aromatic N) is 1. The summed E-state index contributed by atoms with van der Waals surface area (Å²) in [5.74, 6) is 0.481. The summed E-state index contributed by atoms with van der Waals surface area (Å²) in [6.07, 6.45) is 7.32. The molecule has 0 radical (unpaired) electrons. The molecular formula is C15H25N3O2S. The van der Waals surface area contributed by atoms with Crippen LogP contribution in [0.2, 0.25) is 0 Å². The molecular weight excluding hydrogens is 286 g/mol. The number of carbonyl (C=O) groups excluding carboxylic acids is 1. The van der Waals surface area contributed by atoms with Gasteiger partial charge in [0, 0.05) is 31.4 Å². The van der Waals surface area contributed by atoms with Gasteiger partial charge in [-0.3, -0.25) is 4.79 Å². The van der Waals surface area contributed by atoms with E-state index < -0.39 is 6.04 Å². The summed E-state index contributed by atoms with van der Waals surface area (Å²) in [4.78, 5) is 16.4. The van der Waals surface area contributed by atoms with Crippen LogP contribution in [0.5, 0.6) is 0 Å². The molecule has 0 saturated heterocycles. The molecule has 1 amide bonds. The minimum atomic E-state index is -0.593. The van der Waals surface area contributed by atoms with E-state index in [2.05, 4.69) is 10.7 Å². The van der Waals surface area contributed by atoms with Gasteiger partial charge >= 0.3 is 0 Å². The summed E-state index contributed by atoms with van der Waals surface area (Å²) < 4.78 is 4.86. The molecule has 2 rings (SSSR count). The summed E-state index contributed by atoms with van der Waals surface area (Å²) in [6.45, 7) is 0.822. The van der Waals surface area contributed by atoms with Crippen molar-refractivity contribution < 1.29 is 9.53 Å². The standard InChI is InChI=1S/C15H25N3O2S/c1-20-9-12(16)15(19)17-8-7-14-18-13(10-21-14)11-5-3-2-4-6-11/h10-12H,2-9,16H2,1H3,(H,17,19). The van der Waals surface area contributed by atoms with Gasteiger partial charge in [0.15, 0.2) is 0 Å². The molecule has 118 valence electrons. The molecule has 1 unspecified atom stereocenters. The first-order valence-electron chi connectivity index (χ1n) is 7.67. The number of hydrogen-bond acceptors (Lipinski definition) is 5. The van der Waals surface area contributed by atoms with E-state index in [0.29, 0.717) is 12.5 Å². The van der Waals surface area contributed by atoms with Gasteiger partial charge in [0.05, 0.1) is 17.3 Å². The lowest BCUT2D eigenvalue weighted by Crippen LogP contribution is -2.44. The van der Waals surface area contributed by atoms with E-state index in [1.165, 1.54) is 44.9 Å². The number of rotatable bonds is 7. The fourth-order valence-corrected chi connectivity index (χ4v) is 3.58. The van der Waals surface area contributed by atoms with Crippen LogP contribution in [0.1, 0.15) is 48.7 Å². The second-order valence-electron chi connectivity index (χ2n) is 5.60. The van der Waals surface area contributed by atoms with Crippen molar-refractivity contribution in [2.45, 2.75) is 50.5 Å². The molecule has 0 spiro atoms. The number of methoxy groups -OCH3 is 1. The summed E-state index contributed by atoms with van der Waals surface area (Å²) in [7, 11) is 1.54. The fourth-order valence-electron chi connectivity index (χ4n) is 2.70. The van der Waals surface area contributed by atoms with Crippen LogP contribution in [0.3, 0.4) is 0 Å². The maximum atomic E-state index is 11.6. The number of hydrogen-bond donors (Lipinski definition) is 2. The second-order valence-corrected chi connectivity index (χ2v) is 6.55. The first kappa shape index (κ1) is 16.4. The van der Waals surface area contributed by atoms with Crippen molar-refractivity contribution >= 4 is 17.2 Å². The van der Waals surface area contributed by atoms with Crippen LogP contribution in [0.25, 0.3) is 0 Å². The number of nitrogens with one attached hydrogen (secondary N) is 1. The Morgan fingerprint density at radius 3 is 3.00 bits per heavy atom. The molecule has 0 aromatic carbocycles. The summed E-state index contributed by atoms with van der Waals surface area (Å²) in [6, 6.07) is -0.593. The quantitative estimate of drug-likeness (QED) is 0.805. The van der Waals surface area contributed by atoms with Crippen molar-refractivity contribution in [1.82, 2.24) is 10.3 Å². The molecule has 1 saturated carbocycles. The zero-order chi connectivity index (χ0) is 15.1. The van der Waals surface area contributed by atoms with E-state index in [-0.39, 0.29) is 12.5 Å². The number of amides is 1. The highest BCUT2D eigenvalue weighted by molar-refractivity contribution is 7.09. The summed E-state index contributed by atoms with van der Waals surface area (Å²) >= 11 is 1.70. The lowest BCUT2D eigenvalue weighted by atomic mass is 9.87. The van der Waals surface area contributed by atoms with Gasteiger partial charge in [-0.25, -0.2) is 4.98 Å². The minimum Gasteiger partial charge on any atom is -0.383 e. The van der Waals surface area contributed by atoms with E-state index >= 15 is 0 Å². The second kappa shape index (κ2) is 8.46. The Bertz CT molecular complexity index is 444.